The van der Waals surface area contributed by atoms with Gasteiger partial charge in [0.05, 0.1) is 16.9 Å². The van der Waals surface area contributed by atoms with Crippen LogP contribution in [0.2, 0.25) is 0 Å². The molecule has 4 aromatic rings. The fraction of sp³-hybridized carbons (Fsp3) is 0.208. The topological polar surface area (TPSA) is 64.7 Å². The number of aromatic nitrogens is 4. The van der Waals surface area contributed by atoms with Crippen molar-refractivity contribution in [2.45, 2.75) is 32.9 Å². The molecule has 0 saturated heterocycles. The van der Waals surface area contributed by atoms with Gasteiger partial charge < -0.3 is 5.32 Å². The first kappa shape index (κ1) is 20.1. The average molecular weight is 433 g/mol. The molecule has 0 bridgehead atoms. The van der Waals surface area contributed by atoms with Gasteiger partial charge in [0, 0.05) is 30.3 Å². The van der Waals surface area contributed by atoms with E-state index in [0.29, 0.717) is 35.0 Å². The second kappa shape index (κ2) is 7.71. The van der Waals surface area contributed by atoms with Gasteiger partial charge in [-0.3, -0.25) is 4.79 Å². The fourth-order valence-corrected chi connectivity index (χ4v) is 4.02. The second-order valence-corrected chi connectivity index (χ2v) is 8.01. The van der Waals surface area contributed by atoms with E-state index in [-0.39, 0.29) is 17.2 Å². The summed E-state index contributed by atoms with van der Waals surface area (Å²) in [6, 6.07) is 14.1. The molecule has 0 fully saturated rings. The van der Waals surface area contributed by atoms with Gasteiger partial charge in [0.25, 0.3) is 5.56 Å². The first-order valence-electron chi connectivity index (χ1n) is 10.4. The predicted octanol–water partition coefficient (Wildman–Crippen LogP) is 4.55. The Labute approximate surface area is 183 Å². The zero-order valence-corrected chi connectivity index (χ0v) is 17.6. The van der Waals surface area contributed by atoms with Crippen LogP contribution in [-0.2, 0) is 6.54 Å². The van der Waals surface area contributed by atoms with Crippen LogP contribution in [0.5, 0.6) is 0 Å². The monoisotopic (exact) mass is 433 g/mol. The predicted molar refractivity (Wildman–Crippen MR) is 119 cm³/mol. The highest BCUT2D eigenvalue weighted by atomic mass is 19.1. The molecular weight excluding hydrogens is 412 g/mol. The summed E-state index contributed by atoms with van der Waals surface area (Å²) < 4.78 is 31.4. The van der Waals surface area contributed by atoms with Gasteiger partial charge in [-0.1, -0.05) is 18.2 Å². The average Bonchev–Trinajstić information content (AvgIpc) is 3.13. The normalized spacial score (nSPS) is 15.3. The number of anilines is 1. The molecule has 0 spiro atoms. The fourth-order valence-electron chi connectivity index (χ4n) is 4.02. The van der Waals surface area contributed by atoms with E-state index in [2.05, 4.69) is 22.4 Å². The number of para-hydroxylation sites is 1. The van der Waals surface area contributed by atoms with Gasteiger partial charge in [-0.05, 0) is 50.1 Å². The zero-order valence-electron chi connectivity index (χ0n) is 17.6. The maximum atomic E-state index is 14.7. The molecule has 1 atom stereocenters. The summed E-state index contributed by atoms with van der Waals surface area (Å²) in [7, 11) is 0. The molecule has 2 aromatic heterocycles. The van der Waals surface area contributed by atoms with Crippen LogP contribution in [0.4, 0.5) is 14.6 Å². The van der Waals surface area contributed by atoms with Crippen molar-refractivity contribution >= 4 is 5.82 Å². The molecule has 0 saturated carbocycles. The lowest BCUT2D eigenvalue weighted by Crippen LogP contribution is -2.26. The van der Waals surface area contributed by atoms with Gasteiger partial charge in [0.15, 0.2) is 0 Å². The number of hydrogen-bond acceptors (Lipinski definition) is 4. The molecule has 32 heavy (non-hydrogen) atoms. The molecule has 0 amide bonds. The van der Waals surface area contributed by atoms with Crippen molar-refractivity contribution in [3.8, 4) is 28.2 Å². The highest BCUT2D eigenvalue weighted by Gasteiger charge is 2.27. The number of aryl methyl sites for hydroxylation is 2. The van der Waals surface area contributed by atoms with Crippen molar-refractivity contribution in [3.63, 3.8) is 0 Å². The number of hydrogen-bond donors (Lipinski definition) is 1. The lowest BCUT2D eigenvalue weighted by atomic mass is 10.0. The van der Waals surface area contributed by atoms with Crippen molar-refractivity contribution in [2.24, 2.45) is 0 Å². The zero-order chi connectivity index (χ0) is 22.4. The van der Waals surface area contributed by atoms with Gasteiger partial charge in [-0.15, -0.1) is 0 Å². The van der Waals surface area contributed by atoms with Crippen molar-refractivity contribution in [3.05, 3.63) is 82.1 Å². The van der Waals surface area contributed by atoms with Gasteiger partial charge in [0.2, 0.25) is 0 Å². The first-order chi connectivity index (χ1) is 15.4. The highest BCUT2D eigenvalue weighted by Crippen LogP contribution is 2.39. The van der Waals surface area contributed by atoms with Crippen molar-refractivity contribution in [1.29, 1.82) is 0 Å². The van der Waals surface area contributed by atoms with E-state index < -0.39 is 11.6 Å². The Hall–Kier alpha value is -3.81. The number of nitrogens with zero attached hydrogens (tertiary/aromatic N) is 4. The molecule has 2 aromatic carbocycles. The first-order valence-corrected chi connectivity index (χ1v) is 10.4. The largest absolute Gasteiger partial charge is 0.367 e. The van der Waals surface area contributed by atoms with Crippen LogP contribution in [0.1, 0.15) is 18.9 Å². The third-order valence-corrected chi connectivity index (χ3v) is 5.70. The Kier molecular flexibility index (Phi) is 4.84. The molecule has 5 rings (SSSR count). The van der Waals surface area contributed by atoms with Gasteiger partial charge in [-0.25, -0.2) is 13.5 Å². The van der Waals surface area contributed by atoms with E-state index in [0.717, 1.165) is 18.1 Å². The Morgan fingerprint density at radius 1 is 1.06 bits per heavy atom. The lowest BCUT2D eigenvalue weighted by Gasteiger charge is -2.23. The van der Waals surface area contributed by atoms with Crippen LogP contribution in [0.3, 0.4) is 0 Å². The Morgan fingerprint density at radius 3 is 2.66 bits per heavy atom. The standard InChI is InChI=1S/C24H21F2N5O/c1-14-5-3-4-6-20(14)31-21(32)10-9-19(28-31)22-23(17-8-7-16(25)13-18(17)26)29-30-12-11-15(2)27-24(22)30/h3-10,13,15,27H,11-12H2,1-2H3. The summed E-state index contributed by atoms with van der Waals surface area (Å²) in [4.78, 5) is 12.6. The Morgan fingerprint density at radius 2 is 1.88 bits per heavy atom. The van der Waals surface area contributed by atoms with E-state index in [1.54, 1.807) is 10.7 Å². The molecule has 6 nitrogen and oxygen atoms in total. The number of rotatable bonds is 3. The molecule has 0 aliphatic carbocycles. The maximum absolute atomic E-state index is 14.7. The number of benzene rings is 2. The van der Waals surface area contributed by atoms with Gasteiger partial charge >= 0.3 is 0 Å². The number of nitrogens with one attached hydrogen (secondary N) is 1. The minimum Gasteiger partial charge on any atom is -0.367 e. The molecule has 162 valence electrons. The van der Waals surface area contributed by atoms with E-state index in [1.807, 2.05) is 31.2 Å². The van der Waals surface area contributed by atoms with E-state index >= 15 is 0 Å². The van der Waals surface area contributed by atoms with Crippen LogP contribution in [-0.4, -0.2) is 25.6 Å². The quantitative estimate of drug-likeness (QED) is 0.515. The molecular formula is C24H21F2N5O. The van der Waals surface area contributed by atoms with E-state index in [9.17, 15) is 13.6 Å². The maximum Gasteiger partial charge on any atom is 0.271 e. The van der Waals surface area contributed by atoms with Crippen LogP contribution >= 0.6 is 0 Å². The smallest absolute Gasteiger partial charge is 0.271 e. The Balaban J connectivity index is 1.77. The van der Waals surface area contributed by atoms with Crippen molar-refractivity contribution in [1.82, 2.24) is 19.6 Å². The molecule has 1 unspecified atom stereocenters. The van der Waals surface area contributed by atoms with Crippen LogP contribution in [0, 0.1) is 18.6 Å². The molecule has 3 heterocycles. The number of halogens is 2. The minimum atomic E-state index is -0.707. The summed E-state index contributed by atoms with van der Waals surface area (Å²) in [6.45, 7) is 4.61. The third-order valence-electron chi connectivity index (χ3n) is 5.70. The molecule has 1 aliphatic heterocycles. The summed E-state index contributed by atoms with van der Waals surface area (Å²) >= 11 is 0. The van der Waals surface area contributed by atoms with Crippen molar-refractivity contribution < 1.29 is 8.78 Å². The third kappa shape index (κ3) is 3.37. The van der Waals surface area contributed by atoms with Gasteiger partial charge in [-0.2, -0.15) is 14.9 Å². The van der Waals surface area contributed by atoms with Crippen LogP contribution in [0.25, 0.3) is 28.2 Å². The lowest BCUT2D eigenvalue weighted by molar-refractivity contribution is 0.513. The summed E-state index contributed by atoms with van der Waals surface area (Å²) in [5, 5.41) is 12.7. The van der Waals surface area contributed by atoms with Gasteiger partial charge in [0.1, 0.15) is 23.1 Å². The molecule has 0 radical (unpaired) electrons. The van der Waals surface area contributed by atoms with Crippen LogP contribution < -0.4 is 10.9 Å². The number of fused-ring (bicyclic) bond motifs is 1. The SMILES string of the molecule is Cc1ccccc1-n1nc(-c2c(-c3ccc(F)cc3F)nn3c2NC(C)CC3)ccc1=O. The second-order valence-electron chi connectivity index (χ2n) is 8.01. The van der Waals surface area contributed by atoms with E-state index in [1.165, 1.54) is 22.9 Å². The Bertz CT molecular complexity index is 1390. The summed E-state index contributed by atoms with van der Waals surface area (Å²) in [5.74, 6) is -0.665. The molecule has 1 N–H and O–H groups in total. The summed E-state index contributed by atoms with van der Waals surface area (Å²) in [6.07, 6.45) is 0.857. The minimum absolute atomic E-state index is 0.174. The molecule has 8 heteroatoms. The molecule has 1 aliphatic rings. The highest BCUT2D eigenvalue weighted by molar-refractivity contribution is 5.88. The van der Waals surface area contributed by atoms with E-state index in [4.69, 9.17) is 0 Å². The van der Waals surface area contributed by atoms with Crippen molar-refractivity contribution in [2.75, 3.05) is 5.32 Å². The van der Waals surface area contributed by atoms with Crippen LogP contribution in [0.15, 0.2) is 59.4 Å². The summed E-state index contributed by atoms with van der Waals surface area (Å²) in [5.41, 5.74) is 2.84.